The summed E-state index contributed by atoms with van der Waals surface area (Å²) >= 11 is 0. The van der Waals surface area contributed by atoms with Gasteiger partial charge < -0.3 is 0 Å². The molecular weight excluding hydrogens is 216 g/mol. The summed E-state index contributed by atoms with van der Waals surface area (Å²) in [6, 6.07) is 0. The van der Waals surface area contributed by atoms with Crippen molar-refractivity contribution in [3.8, 4) is 0 Å². The molecule has 3 nitrogen and oxygen atoms in total. The van der Waals surface area contributed by atoms with Gasteiger partial charge in [-0.05, 0) is 0 Å². The van der Waals surface area contributed by atoms with Crippen LogP contribution in [0.3, 0.4) is 0 Å². The van der Waals surface area contributed by atoms with E-state index in [2.05, 4.69) is 0 Å². The summed E-state index contributed by atoms with van der Waals surface area (Å²) in [5.41, 5.74) is 0. The second-order valence-corrected chi connectivity index (χ2v) is 3.91. The second kappa shape index (κ2) is 3.41. The molecular formula is C5H8F4O3S. The highest BCUT2D eigenvalue weighted by atomic mass is 32.2. The van der Waals surface area contributed by atoms with E-state index in [4.69, 9.17) is 4.55 Å². The lowest BCUT2D eigenvalue weighted by Gasteiger charge is -2.22. The lowest BCUT2D eigenvalue weighted by Crippen LogP contribution is -2.46. The van der Waals surface area contributed by atoms with Crippen LogP contribution in [-0.4, -0.2) is 24.1 Å². The van der Waals surface area contributed by atoms with Crippen LogP contribution in [0.15, 0.2) is 0 Å². The van der Waals surface area contributed by atoms with Crippen molar-refractivity contribution in [2.45, 2.75) is 30.9 Å². The first kappa shape index (κ1) is 12.6. The molecule has 0 aromatic heterocycles. The molecule has 0 bridgehead atoms. The summed E-state index contributed by atoms with van der Waals surface area (Å²) < 4.78 is 77.1. The fourth-order valence-electron chi connectivity index (χ4n) is 0.648. The third-order valence-electron chi connectivity index (χ3n) is 1.31. The van der Waals surface area contributed by atoms with E-state index in [1.165, 1.54) is 6.92 Å². The van der Waals surface area contributed by atoms with Crippen molar-refractivity contribution >= 4 is 10.1 Å². The predicted octanol–water partition coefficient (Wildman–Crippen LogP) is 1.90. The minimum absolute atomic E-state index is 0.321. The topological polar surface area (TPSA) is 54.4 Å². The average molecular weight is 224 g/mol. The van der Waals surface area contributed by atoms with Crippen molar-refractivity contribution < 1.29 is 30.5 Å². The van der Waals surface area contributed by atoms with Crippen molar-refractivity contribution in [3.63, 3.8) is 0 Å². The molecule has 0 radical (unpaired) electrons. The fraction of sp³-hybridized carbons (Fsp3) is 1.00. The standard InChI is InChI=1S/C5H8F4O3S/c1-2-3-4(6,7)5(8,9)13(10,11)12/h2-3H2,1H3,(H,10,11,12). The summed E-state index contributed by atoms with van der Waals surface area (Å²) in [6.07, 6.45) is -1.63. The van der Waals surface area contributed by atoms with E-state index in [0.717, 1.165) is 0 Å². The number of hydrogen-bond donors (Lipinski definition) is 1. The van der Waals surface area contributed by atoms with Gasteiger partial charge in [0.25, 0.3) is 0 Å². The minimum Gasteiger partial charge on any atom is -0.281 e. The van der Waals surface area contributed by atoms with E-state index >= 15 is 0 Å². The zero-order valence-electron chi connectivity index (χ0n) is 6.60. The van der Waals surface area contributed by atoms with Gasteiger partial charge in [0.2, 0.25) is 0 Å². The molecule has 0 unspecified atom stereocenters. The molecule has 0 aliphatic carbocycles. The molecule has 80 valence electrons. The maximum Gasteiger partial charge on any atom is 0.431 e. The van der Waals surface area contributed by atoms with Gasteiger partial charge in [-0.1, -0.05) is 13.3 Å². The lowest BCUT2D eigenvalue weighted by molar-refractivity contribution is -0.164. The van der Waals surface area contributed by atoms with Crippen molar-refractivity contribution in [1.29, 1.82) is 0 Å². The van der Waals surface area contributed by atoms with Crippen LogP contribution < -0.4 is 0 Å². The molecule has 0 fully saturated rings. The Hall–Kier alpha value is -0.370. The second-order valence-electron chi connectivity index (χ2n) is 2.45. The molecule has 0 saturated carbocycles. The van der Waals surface area contributed by atoms with Crippen LogP contribution in [0.2, 0.25) is 0 Å². The van der Waals surface area contributed by atoms with Crippen molar-refractivity contribution in [3.05, 3.63) is 0 Å². The van der Waals surface area contributed by atoms with E-state index in [9.17, 15) is 26.0 Å². The van der Waals surface area contributed by atoms with Gasteiger partial charge in [0, 0.05) is 6.42 Å². The number of halogens is 4. The molecule has 0 spiro atoms. The maximum absolute atomic E-state index is 12.4. The van der Waals surface area contributed by atoms with Crippen LogP contribution in [0.4, 0.5) is 17.6 Å². The lowest BCUT2D eigenvalue weighted by atomic mass is 10.2. The van der Waals surface area contributed by atoms with E-state index in [0.29, 0.717) is 0 Å². The van der Waals surface area contributed by atoms with Gasteiger partial charge in [-0.15, -0.1) is 0 Å². The van der Waals surface area contributed by atoms with Crippen LogP contribution in [-0.2, 0) is 10.1 Å². The van der Waals surface area contributed by atoms with Gasteiger partial charge in [0.15, 0.2) is 0 Å². The minimum atomic E-state index is -6.07. The zero-order valence-corrected chi connectivity index (χ0v) is 7.41. The summed E-state index contributed by atoms with van der Waals surface area (Å²) in [6.45, 7) is 1.19. The Morgan fingerprint density at radius 1 is 1.23 bits per heavy atom. The quantitative estimate of drug-likeness (QED) is 0.586. The summed E-state index contributed by atoms with van der Waals surface area (Å²) in [5.74, 6) is -4.74. The van der Waals surface area contributed by atoms with E-state index in [-0.39, 0.29) is 6.42 Å². The largest absolute Gasteiger partial charge is 0.431 e. The predicted molar refractivity (Wildman–Crippen MR) is 36.4 cm³/mol. The fourth-order valence-corrected chi connectivity index (χ4v) is 1.13. The van der Waals surface area contributed by atoms with Gasteiger partial charge in [0.1, 0.15) is 0 Å². The smallest absolute Gasteiger partial charge is 0.281 e. The molecule has 0 atom stereocenters. The molecule has 0 aromatic rings. The molecule has 0 saturated heterocycles. The van der Waals surface area contributed by atoms with Gasteiger partial charge in [0.05, 0.1) is 0 Å². The van der Waals surface area contributed by atoms with Crippen molar-refractivity contribution in [2.24, 2.45) is 0 Å². The number of rotatable bonds is 4. The third kappa shape index (κ3) is 2.31. The Balaban J connectivity index is 5.04. The van der Waals surface area contributed by atoms with Gasteiger partial charge in [-0.25, -0.2) is 0 Å². The molecule has 8 heteroatoms. The normalized spacial score (nSPS) is 14.6. The Morgan fingerprint density at radius 3 is 1.85 bits per heavy atom. The van der Waals surface area contributed by atoms with Crippen LogP contribution in [0.1, 0.15) is 19.8 Å². The molecule has 0 heterocycles. The molecule has 0 aliphatic heterocycles. The summed E-state index contributed by atoms with van der Waals surface area (Å²) in [5, 5.41) is -5.42. The van der Waals surface area contributed by atoms with E-state index in [1.807, 2.05) is 0 Å². The van der Waals surface area contributed by atoms with Crippen LogP contribution in [0.25, 0.3) is 0 Å². The van der Waals surface area contributed by atoms with Crippen LogP contribution in [0.5, 0.6) is 0 Å². The first-order valence-corrected chi connectivity index (χ1v) is 4.73. The van der Waals surface area contributed by atoms with Crippen molar-refractivity contribution in [2.75, 3.05) is 0 Å². The first-order chi connectivity index (χ1) is 5.56. The van der Waals surface area contributed by atoms with Crippen LogP contribution >= 0.6 is 0 Å². The Kier molecular flexibility index (Phi) is 3.31. The number of alkyl halides is 4. The van der Waals surface area contributed by atoms with Crippen LogP contribution in [0, 0.1) is 0 Å². The highest BCUT2D eigenvalue weighted by molar-refractivity contribution is 7.87. The molecule has 1 N–H and O–H groups in total. The summed E-state index contributed by atoms with van der Waals surface area (Å²) in [4.78, 5) is 0. The average Bonchev–Trinajstić information content (AvgIpc) is 1.84. The Morgan fingerprint density at radius 2 is 1.62 bits per heavy atom. The molecule has 0 amide bonds. The molecule has 0 aromatic carbocycles. The van der Waals surface area contributed by atoms with Gasteiger partial charge >= 0.3 is 21.3 Å². The third-order valence-corrected chi connectivity index (χ3v) is 2.26. The number of hydrogen-bond acceptors (Lipinski definition) is 2. The molecule has 0 rings (SSSR count). The summed E-state index contributed by atoms with van der Waals surface area (Å²) in [7, 11) is -6.07. The Labute approximate surface area is 72.5 Å². The molecule has 13 heavy (non-hydrogen) atoms. The highest BCUT2D eigenvalue weighted by Gasteiger charge is 2.64. The monoisotopic (exact) mass is 224 g/mol. The molecule has 0 aliphatic rings. The van der Waals surface area contributed by atoms with E-state index in [1.54, 1.807) is 0 Å². The van der Waals surface area contributed by atoms with Crippen molar-refractivity contribution in [1.82, 2.24) is 0 Å². The zero-order chi connectivity index (χ0) is 10.9. The van der Waals surface area contributed by atoms with Gasteiger partial charge in [-0.2, -0.15) is 26.0 Å². The SMILES string of the molecule is CCCC(F)(F)C(F)(F)S(=O)(=O)O. The first-order valence-electron chi connectivity index (χ1n) is 3.29. The Bertz CT molecular complexity index is 272. The maximum atomic E-state index is 12.4. The highest BCUT2D eigenvalue weighted by Crippen LogP contribution is 2.41. The van der Waals surface area contributed by atoms with Gasteiger partial charge in [-0.3, -0.25) is 4.55 Å². The van der Waals surface area contributed by atoms with E-state index < -0.39 is 27.7 Å².